The molecule has 0 aliphatic rings. The highest BCUT2D eigenvalue weighted by molar-refractivity contribution is 5.94. The number of carbonyl (C=O) groups is 1. The number of rotatable bonds is 7. The molecular weight excluding hydrogens is 408 g/mol. The van der Waals surface area contributed by atoms with Gasteiger partial charge in [0.05, 0.1) is 19.9 Å². The Morgan fingerprint density at radius 3 is 2.66 bits per heavy atom. The standard InChI is InChI=1S/C23H20N6O3/c1-32-21-13-17(9-12-20(21)30)14-24-26-23(31)19-10-7-16(8-11-19)15-29-27-22(25-28-29)18-5-3-2-4-6-18/h2-14,30H,15H2,1H3,(H,26,31)/b24-14-. The van der Waals surface area contributed by atoms with Crippen LogP contribution in [0.5, 0.6) is 11.5 Å². The summed E-state index contributed by atoms with van der Waals surface area (Å²) in [5, 5.41) is 26.1. The van der Waals surface area contributed by atoms with Crippen LogP contribution in [0.2, 0.25) is 0 Å². The Hall–Kier alpha value is -4.53. The van der Waals surface area contributed by atoms with Gasteiger partial charge in [-0.25, -0.2) is 5.43 Å². The van der Waals surface area contributed by atoms with Crippen LogP contribution >= 0.6 is 0 Å². The maximum absolute atomic E-state index is 12.3. The van der Waals surface area contributed by atoms with Gasteiger partial charge in [0.2, 0.25) is 5.82 Å². The van der Waals surface area contributed by atoms with Crippen LogP contribution in [0.4, 0.5) is 0 Å². The fraction of sp³-hybridized carbons (Fsp3) is 0.0870. The van der Waals surface area contributed by atoms with Crippen molar-refractivity contribution < 1.29 is 14.6 Å². The normalized spacial score (nSPS) is 10.9. The van der Waals surface area contributed by atoms with Crippen molar-refractivity contribution in [2.45, 2.75) is 6.54 Å². The van der Waals surface area contributed by atoms with Gasteiger partial charge in [-0.3, -0.25) is 4.79 Å². The van der Waals surface area contributed by atoms with E-state index >= 15 is 0 Å². The molecule has 2 N–H and O–H groups in total. The van der Waals surface area contributed by atoms with Crippen molar-refractivity contribution in [1.29, 1.82) is 0 Å². The average molecular weight is 428 g/mol. The molecule has 32 heavy (non-hydrogen) atoms. The number of hydrazone groups is 1. The lowest BCUT2D eigenvalue weighted by molar-refractivity contribution is 0.0955. The first-order valence-corrected chi connectivity index (χ1v) is 9.75. The molecular formula is C23H20N6O3. The third kappa shape index (κ3) is 4.96. The Bertz CT molecular complexity index is 1240. The van der Waals surface area contributed by atoms with Crippen molar-refractivity contribution in [2.24, 2.45) is 5.10 Å². The molecule has 4 aromatic rings. The van der Waals surface area contributed by atoms with Crippen molar-refractivity contribution in [1.82, 2.24) is 25.6 Å². The van der Waals surface area contributed by atoms with E-state index < -0.39 is 0 Å². The Morgan fingerprint density at radius 2 is 1.91 bits per heavy atom. The van der Waals surface area contributed by atoms with Crippen LogP contribution in [0.3, 0.4) is 0 Å². The number of benzene rings is 3. The summed E-state index contributed by atoms with van der Waals surface area (Å²) in [5.74, 6) is 0.578. The Balaban J connectivity index is 1.35. The summed E-state index contributed by atoms with van der Waals surface area (Å²) in [6.45, 7) is 0.433. The Kier molecular flexibility index (Phi) is 6.17. The Labute approximate surface area is 184 Å². The molecule has 0 unspecified atom stereocenters. The number of carbonyl (C=O) groups excluding carboxylic acids is 1. The van der Waals surface area contributed by atoms with Gasteiger partial charge in [0, 0.05) is 11.1 Å². The van der Waals surface area contributed by atoms with E-state index in [1.165, 1.54) is 24.2 Å². The van der Waals surface area contributed by atoms with E-state index in [-0.39, 0.29) is 11.7 Å². The van der Waals surface area contributed by atoms with E-state index in [9.17, 15) is 9.90 Å². The lowest BCUT2D eigenvalue weighted by atomic mass is 10.1. The van der Waals surface area contributed by atoms with E-state index in [4.69, 9.17) is 4.74 Å². The summed E-state index contributed by atoms with van der Waals surface area (Å²) in [5.41, 5.74) is 5.44. The van der Waals surface area contributed by atoms with Crippen molar-refractivity contribution in [2.75, 3.05) is 7.11 Å². The van der Waals surface area contributed by atoms with Crippen molar-refractivity contribution in [3.05, 3.63) is 89.5 Å². The van der Waals surface area contributed by atoms with Crippen LogP contribution in [-0.2, 0) is 6.54 Å². The molecule has 0 saturated heterocycles. The third-order valence-electron chi connectivity index (χ3n) is 4.61. The van der Waals surface area contributed by atoms with Gasteiger partial charge in [0.15, 0.2) is 11.5 Å². The monoisotopic (exact) mass is 428 g/mol. The fourth-order valence-corrected chi connectivity index (χ4v) is 2.94. The van der Waals surface area contributed by atoms with Crippen LogP contribution in [0.25, 0.3) is 11.4 Å². The van der Waals surface area contributed by atoms with E-state index in [1.807, 2.05) is 42.5 Å². The lowest BCUT2D eigenvalue weighted by Crippen LogP contribution is -2.17. The predicted molar refractivity (Wildman–Crippen MR) is 119 cm³/mol. The SMILES string of the molecule is COc1cc(/C=N\NC(=O)c2ccc(Cn3nnc(-c4ccccc4)n3)cc2)ccc1O. The largest absolute Gasteiger partial charge is 0.504 e. The number of nitrogens with zero attached hydrogens (tertiary/aromatic N) is 5. The van der Waals surface area contributed by atoms with Gasteiger partial charge < -0.3 is 9.84 Å². The number of aromatic nitrogens is 4. The van der Waals surface area contributed by atoms with E-state index in [0.717, 1.165) is 11.1 Å². The van der Waals surface area contributed by atoms with Crippen LogP contribution < -0.4 is 10.2 Å². The Morgan fingerprint density at radius 1 is 1.12 bits per heavy atom. The van der Waals surface area contributed by atoms with Gasteiger partial charge in [0.1, 0.15) is 0 Å². The van der Waals surface area contributed by atoms with Crippen LogP contribution in [0.15, 0.2) is 77.9 Å². The number of aromatic hydroxyl groups is 1. The minimum absolute atomic E-state index is 0.0335. The predicted octanol–water partition coefficient (Wildman–Crippen LogP) is 2.87. The fourth-order valence-electron chi connectivity index (χ4n) is 2.94. The minimum Gasteiger partial charge on any atom is -0.504 e. The summed E-state index contributed by atoms with van der Waals surface area (Å²) in [6, 6.07) is 21.5. The van der Waals surface area contributed by atoms with Crippen LogP contribution in [0.1, 0.15) is 21.5 Å². The topological polar surface area (TPSA) is 115 Å². The molecule has 0 radical (unpaired) electrons. The van der Waals surface area contributed by atoms with Gasteiger partial charge in [-0.2, -0.15) is 9.90 Å². The average Bonchev–Trinajstić information content (AvgIpc) is 3.29. The van der Waals surface area contributed by atoms with Gasteiger partial charge in [-0.1, -0.05) is 42.5 Å². The summed E-state index contributed by atoms with van der Waals surface area (Å²) in [4.78, 5) is 13.8. The van der Waals surface area contributed by atoms with Gasteiger partial charge in [-0.15, -0.1) is 10.2 Å². The minimum atomic E-state index is -0.344. The molecule has 0 aliphatic heterocycles. The number of ether oxygens (including phenoxy) is 1. The molecule has 0 fully saturated rings. The highest BCUT2D eigenvalue weighted by Gasteiger charge is 2.08. The van der Waals surface area contributed by atoms with E-state index in [1.54, 1.807) is 24.3 Å². The quantitative estimate of drug-likeness (QED) is 0.346. The summed E-state index contributed by atoms with van der Waals surface area (Å²) in [6.07, 6.45) is 1.47. The highest BCUT2D eigenvalue weighted by atomic mass is 16.5. The zero-order chi connectivity index (χ0) is 22.3. The molecule has 3 aromatic carbocycles. The maximum atomic E-state index is 12.3. The molecule has 0 aliphatic carbocycles. The first-order chi connectivity index (χ1) is 15.6. The first kappa shape index (κ1) is 20.7. The summed E-state index contributed by atoms with van der Waals surface area (Å²) >= 11 is 0. The van der Waals surface area contributed by atoms with Crippen molar-refractivity contribution >= 4 is 12.1 Å². The van der Waals surface area contributed by atoms with E-state index in [0.29, 0.717) is 29.2 Å². The molecule has 4 rings (SSSR count). The second-order valence-electron chi connectivity index (χ2n) is 6.84. The number of tetrazole rings is 1. The smallest absolute Gasteiger partial charge is 0.271 e. The molecule has 1 aromatic heterocycles. The first-order valence-electron chi connectivity index (χ1n) is 9.75. The molecule has 0 saturated carbocycles. The van der Waals surface area contributed by atoms with Gasteiger partial charge in [0.25, 0.3) is 5.91 Å². The molecule has 9 heteroatoms. The second-order valence-corrected chi connectivity index (χ2v) is 6.84. The third-order valence-corrected chi connectivity index (χ3v) is 4.61. The number of hydrogen-bond acceptors (Lipinski definition) is 7. The van der Waals surface area contributed by atoms with Gasteiger partial charge >= 0.3 is 0 Å². The summed E-state index contributed by atoms with van der Waals surface area (Å²) < 4.78 is 5.05. The number of amides is 1. The molecule has 160 valence electrons. The molecule has 1 heterocycles. The zero-order valence-corrected chi connectivity index (χ0v) is 17.2. The molecule has 0 atom stereocenters. The zero-order valence-electron chi connectivity index (χ0n) is 17.2. The van der Waals surface area contributed by atoms with Crippen LogP contribution in [0, 0.1) is 0 Å². The second kappa shape index (κ2) is 9.52. The molecule has 9 nitrogen and oxygen atoms in total. The molecule has 1 amide bonds. The van der Waals surface area contributed by atoms with Crippen molar-refractivity contribution in [3.63, 3.8) is 0 Å². The van der Waals surface area contributed by atoms with Gasteiger partial charge in [-0.05, 0) is 46.7 Å². The number of nitrogens with one attached hydrogen (secondary N) is 1. The number of hydrogen-bond donors (Lipinski definition) is 2. The highest BCUT2D eigenvalue weighted by Crippen LogP contribution is 2.25. The number of phenolic OH excluding ortho intramolecular Hbond substituents is 1. The van der Waals surface area contributed by atoms with Crippen molar-refractivity contribution in [3.8, 4) is 22.9 Å². The molecule has 0 bridgehead atoms. The maximum Gasteiger partial charge on any atom is 0.271 e. The summed E-state index contributed by atoms with van der Waals surface area (Å²) in [7, 11) is 1.46. The lowest BCUT2D eigenvalue weighted by Gasteiger charge is -2.04. The van der Waals surface area contributed by atoms with E-state index in [2.05, 4.69) is 25.9 Å². The number of phenols is 1. The molecule has 0 spiro atoms. The number of methoxy groups -OCH3 is 1. The van der Waals surface area contributed by atoms with Crippen LogP contribution in [-0.4, -0.2) is 44.5 Å².